The fraction of sp³-hybridized carbons (Fsp3) is 0.529. The number of carbonyl (C=O) groups excluding carboxylic acids is 2. The third-order valence-electron chi connectivity index (χ3n) is 4.36. The molecular formula is C17H23N3O3. The highest BCUT2D eigenvalue weighted by Gasteiger charge is 2.26. The summed E-state index contributed by atoms with van der Waals surface area (Å²) in [7, 11) is 0. The topological polar surface area (TPSA) is 70.7 Å². The molecule has 6 heteroatoms. The Morgan fingerprint density at radius 3 is 2.78 bits per heavy atom. The Morgan fingerprint density at radius 2 is 2.09 bits per heavy atom. The lowest BCUT2D eigenvalue weighted by Crippen LogP contribution is -2.45. The van der Waals surface area contributed by atoms with Crippen LogP contribution in [0.4, 0.5) is 5.69 Å². The molecule has 3 rings (SSSR count). The summed E-state index contributed by atoms with van der Waals surface area (Å²) in [5.74, 6) is -0.211. The number of nitrogens with zero attached hydrogens (tertiary/aromatic N) is 1. The number of carbonyl (C=O) groups is 2. The SMILES string of the molecule is Cc1cccc(NC(=O)C2CNCCO2)c1C(=O)N1CCCC1. The van der Waals surface area contributed by atoms with Crippen molar-refractivity contribution >= 4 is 17.5 Å². The summed E-state index contributed by atoms with van der Waals surface area (Å²) in [5.41, 5.74) is 2.04. The van der Waals surface area contributed by atoms with E-state index in [4.69, 9.17) is 4.74 Å². The van der Waals surface area contributed by atoms with Gasteiger partial charge in [0.25, 0.3) is 11.8 Å². The van der Waals surface area contributed by atoms with Crippen LogP contribution in [0.25, 0.3) is 0 Å². The molecule has 2 amide bonds. The maximum absolute atomic E-state index is 12.8. The van der Waals surface area contributed by atoms with Crippen molar-refractivity contribution in [3.63, 3.8) is 0 Å². The molecule has 0 saturated carbocycles. The average molecular weight is 317 g/mol. The molecule has 1 aromatic carbocycles. The van der Waals surface area contributed by atoms with E-state index in [1.807, 2.05) is 24.0 Å². The van der Waals surface area contributed by atoms with Gasteiger partial charge in [-0.25, -0.2) is 0 Å². The maximum atomic E-state index is 12.8. The molecule has 2 fully saturated rings. The zero-order chi connectivity index (χ0) is 16.2. The third-order valence-corrected chi connectivity index (χ3v) is 4.36. The highest BCUT2D eigenvalue weighted by molar-refractivity contribution is 6.05. The van der Waals surface area contributed by atoms with Gasteiger partial charge >= 0.3 is 0 Å². The number of benzene rings is 1. The number of nitrogens with one attached hydrogen (secondary N) is 2. The summed E-state index contributed by atoms with van der Waals surface area (Å²) in [6.07, 6.45) is 1.57. The van der Waals surface area contributed by atoms with Crippen LogP contribution in [-0.4, -0.2) is 55.6 Å². The highest BCUT2D eigenvalue weighted by atomic mass is 16.5. The van der Waals surface area contributed by atoms with Crippen LogP contribution in [0.3, 0.4) is 0 Å². The van der Waals surface area contributed by atoms with Gasteiger partial charge in [-0.1, -0.05) is 12.1 Å². The molecule has 0 radical (unpaired) electrons. The standard InChI is InChI=1S/C17H23N3O3/c1-12-5-4-6-13(15(12)17(22)20-8-2-3-9-20)19-16(21)14-11-18-7-10-23-14/h4-6,14,18H,2-3,7-11H2,1H3,(H,19,21). The van der Waals surface area contributed by atoms with Crippen molar-refractivity contribution in [2.24, 2.45) is 0 Å². The predicted octanol–water partition coefficient (Wildman–Crippen LogP) is 1.16. The number of ether oxygens (including phenoxy) is 1. The Hall–Kier alpha value is -1.92. The fourth-order valence-electron chi connectivity index (χ4n) is 3.08. The van der Waals surface area contributed by atoms with Gasteiger partial charge in [-0.05, 0) is 31.4 Å². The Labute approximate surface area is 136 Å². The van der Waals surface area contributed by atoms with E-state index < -0.39 is 6.10 Å². The molecule has 124 valence electrons. The molecule has 2 heterocycles. The second-order valence-corrected chi connectivity index (χ2v) is 6.05. The summed E-state index contributed by atoms with van der Waals surface area (Å²) < 4.78 is 5.47. The summed E-state index contributed by atoms with van der Waals surface area (Å²) >= 11 is 0. The average Bonchev–Trinajstić information content (AvgIpc) is 3.10. The Kier molecular flexibility index (Phi) is 4.93. The van der Waals surface area contributed by atoms with Gasteiger partial charge in [-0.2, -0.15) is 0 Å². The van der Waals surface area contributed by atoms with Crippen molar-refractivity contribution in [3.05, 3.63) is 29.3 Å². The molecule has 0 aromatic heterocycles. The summed E-state index contributed by atoms with van der Waals surface area (Å²) in [4.78, 5) is 27.0. The summed E-state index contributed by atoms with van der Waals surface area (Å²) in [6, 6.07) is 5.54. The Bertz CT molecular complexity index is 591. The van der Waals surface area contributed by atoms with Crippen molar-refractivity contribution in [2.75, 3.05) is 38.1 Å². The number of hydrogen-bond acceptors (Lipinski definition) is 4. The van der Waals surface area contributed by atoms with Crippen LogP contribution in [-0.2, 0) is 9.53 Å². The van der Waals surface area contributed by atoms with Crippen molar-refractivity contribution in [3.8, 4) is 0 Å². The molecule has 0 bridgehead atoms. The largest absolute Gasteiger partial charge is 0.366 e. The zero-order valence-electron chi connectivity index (χ0n) is 13.4. The van der Waals surface area contributed by atoms with Gasteiger partial charge in [0.2, 0.25) is 0 Å². The molecule has 2 aliphatic rings. The minimum absolute atomic E-state index is 0.00131. The highest BCUT2D eigenvalue weighted by Crippen LogP contribution is 2.24. The molecule has 1 aromatic rings. The molecule has 0 spiro atoms. The van der Waals surface area contributed by atoms with E-state index >= 15 is 0 Å². The van der Waals surface area contributed by atoms with E-state index in [0.29, 0.717) is 24.4 Å². The maximum Gasteiger partial charge on any atom is 0.256 e. The van der Waals surface area contributed by atoms with Crippen LogP contribution in [0.15, 0.2) is 18.2 Å². The van der Waals surface area contributed by atoms with Crippen molar-refractivity contribution < 1.29 is 14.3 Å². The Balaban J connectivity index is 1.79. The number of morpholine rings is 1. The number of amides is 2. The normalized spacial score (nSPS) is 21.3. The van der Waals surface area contributed by atoms with Gasteiger partial charge in [0, 0.05) is 26.2 Å². The molecule has 2 aliphatic heterocycles. The Morgan fingerprint density at radius 1 is 1.30 bits per heavy atom. The van der Waals surface area contributed by atoms with Crippen LogP contribution < -0.4 is 10.6 Å². The first-order valence-corrected chi connectivity index (χ1v) is 8.19. The minimum Gasteiger partial charge on any atom is -0.366 e. The van der Waals surface area contributed by atoms with Crippen LogP contribution in [0.5, 0.6) is 0 Å². The van der Waals surface area contributed by atoms with Crippen LogP contribution in [0.1, 0.15) is 28.8 Å². The second kappa shape index (κ2) is 7.10. The monoisotopic (exact) mass is 317 g/mol. The fourth-order valence-corrected chi connectivity index (χ4v) is 3.08. The van der Waals surface area contributed by atoms with Gasteiger partial charge in [0.1, 0.15) is 6.10 Å². The lowest BCUT2D eigenvalue weighted by molar-refractivity contribution is -0.128. The molecule has 1 unspecified atom stereocenters. The third kappa shape index (κ3) is 3.54. The van der Waals surface area contributed by atoms with Crippen molar-refractivity contribution in [1.29, 1.82) is 0 Å². The number of likely N-dealkylation sites (tertiary alicyclic amines) is 1. The van der Waals surface area contributed by atoms with Gasteiger partial charge in [-0.3, -0.25) is 9.59 Å². The van der Waals surface area contributed by atoms with E-state index in [1.54, 1.807) is 6.07 Å². The van der Waals surface area contributed by atoms with E-state index in [1.165, 1.54) is 0 Å². The first-order valence-electron chi connectivity index (χ1n) is 8.19. The van der Waals surface area contributed by atoms with Gasteiger partial charge < -0.3 is 20.3 Å². The molecule has 0 aliphatic carbocycles. The first-order chi connectivity index (χ1) is 11.2. The molecule has 1 atom stereocenters. The van der Waals surface area contributed by atoms with Crippen molar-refractivity contribution in [1.82, 2.24) is 10.2 Å². The molecule has 6 nitrogen and oxygen atoms in total. The van der Waals surface area contributed by atoms with E-state index in [-0.39, 0.29) is 11.8 Å². The van der Waals surface area contributed by atoms with Gasteiger partial charge in [0.15, 0.2) is 0 Å². The molecule has 2 saturated heterocycles. The van der Waals surface area contributed by atoms with Crippen LogP contribution in [0.2, 0.25) is 0 Å². The first kappa shape index (κ1) is 16.0. The second-order valence-electron chi connectivity index (χ2n) is 6.05. The molecule has 2 N–H and O–H groups in total. The minimum atomic E-state index is -0.515. The number of hydrogen-bond donors (Lipinski definition) is 2. The molecule has 23 heavy (non-hydrogen) atoms. The van der Waals surface area contributed by atoms with E-state index in [0.717, 1.165) is 38.0 Å². The van der Waals surface area contributed by atoms with E-state index in [9.17, 15) is 9.59 Å². The van der Waals surface area contributed by atoms with Gasteiger partial charge in [-0.15, -0.1) is 0 Å². The van der Waals surface area contributed by atoms with E-state index in [2.05, 4.69) is 10.6 Å². The number of aryl methyl sites for hydroxylation is 1. The van der Waals surface area contributed by atoms with Crippen LogP contribution in [0, 0.1) is 6.92 Å². The molecular weight excluding hydrogens is 294 g/mol. The predicted molar refractivity (Wildman–Crippen MR) is 87.6 cm³/mol. The van der Waals surface area contributed by atoms with Crippen molar-refractivity contribution in [2.45, 2.75) is 25.9 Å². The zero-order valence-corrected chi connectivity index (χ0v) is 13.4. The van der Waals surface area contributed by atoms with Crippen LogP contribution >= 0.6 is 0 Å². The quantitative estimate of drug-likeness (QED) is 0.877. The van der Waals surface area contributed by atoms with Gasteiger partial charge in [0.05, 0.1) is 17.9 Å². The smallest absolute Gasteiger partial charge is 0.256 e. The number of anilines is 1. The number of rotatable bonds is 3. The summed E-state index contributed by atoms with van der Waals surface area (Å²) in [6.45, 7) is 5.25. The lowest BCUT2D eigenvalue weighted by Gasteiger charge is -2.24. The summed E-state index contributed by atoms with van der Waals surface area (Å²) in [5, 5.41) is 6.01. The lowest BCUT2D eigenvalue weighted by atomic mass is 10.0.